The second-order valence-electron chi connectivity index (χ2n) is 6.38. The average molecular weight is 354 g/mol. The van der Waals surface area contributed by atoms with Crippen molar-refractivity contribution < 1.29 is 14.3 Å². The second kappa shape index (κ2) is 10.2. The van der Waals surface area contributed by atoms with E-state index in [1.807, 2.05) is 30.3 Å². The molecule has 0 aliphatic rings. The van der Waals surface area contributed by atoms with E-state index in [2.05, 4.69) is 24.5 Å². The monoisotopic (exact) mass is 354 g/mol. The maximum atomic E-state index is 12.1. The summed E-state index contributed by atoms with van der Waals surface area (Å²) in [6.07, 6.45) is 2.61. The summed E-state index contributed by atoms with van der Waals surface area (Å²) in [5.74, 6) is 0.651. The van der Waals surface area contributed by atoms with E-state index in [-0.39, 0.29) is 18.4 Å². The third-order valence-corrected chi connectivity index (χ3v) is 3.86. The molecule has 26 heavy (non-hydrogen) atoms. The third-order valence-electron chi connectivity index (χ3n) is 3.86. The van der Waals surface area contributed by atoms with Crippen LogP contribution >= 0.6 is 0 Å². The first-order valence-electron chi connectivity index (χ1n) is 8.94. The average Bonchev–Trinajstić information content (AvgIpc) is 2.61. The summed E-state index contributed by atoms with van der Waals surface area (Å²) in [4.78, 5) is 24.0. The van der Waals surface area contributed by atoms with Gasteiger partial charge >= 0.3 is 0 Å². The zero-order valence-electron chi connectivity index (χ0n) is 15.3. The number of nitrogens with one attached hydrogen (secondary N) is 2. The summed E-state index contributed by atoms with van der Waals surface area (Å²) in [5, 5.41) is 5.64. The Kier molecular flexibility index (Phi) is 7.68. The van der Waals surface area contributed by atoms with Crippen molar-refractivity contribution in [3.63, 3.8) is 0 Å². The molecule has 138 valence electrons. The number of para-hydroxylation sites is 1. The van der Waals surface area contributed by atoms with Gasteiger partial charge in [-0.1, -0.05) is 51.0 Å². The highest BCUT2D eigenvalue weighted by molar-refractivity contribution is 5.92. The fourth-order valence-corrected chi connectivity index (χ4v) is 2.65. The summed E-state index contributed by atoms with van der Waals surface area (Å²) in [6.45, 7) is 4.09. The SMILES string of the molecule is CCCC(C)CC(=O)Nc1cccc(OCC(=O)Nc2ccccc2)c1. The molecule has 2 aromatic carbocycles. The predicted octanol–water partition coefficient (Wildman–Crippen LogP) is 4.47. The van der Waals surface area contributed by atoms with Crippen molar-refractivity contribution in [3.05, 3.63) is 54.6 Å². The Morgan fingerprint density at radius 3 is 2.38 bits per heavy atom. The summed E-state index contributed by atoms with van der Waals surface area (Å²) < 4.78 is 5.52. The Labute approximate surface area is 154 Å². The van der Waals surface area contributed by atoms with Gasteiger partial charge in [-0.05, 0) is 30.2 Å². The van der Waals surface area contributed by atoms with Crippen molar-refractivity contribution >= 4 is 23.2 Å². The van der Waals surface area contributed by atoms with E-state index in [0.717, 1.165) is 18.5 Å². The van der Waals surface area contributed by atoms with Crippen LogP contribution in [0.5, 0.6) is 5.75 Å². The molecule has 0 heterocycles. The number of hydrogen-bond donors (Lipinski definition) is 2. The molecule has 0 saturated heterocycles. The molecule has 0 saturated carbocycles. The van der Waals surface area contributed by atoms with E-state index in [0.29, 0.717) is 23.8 Å². The van der Waals surface area contributed by atoms with Crippen LogP contribution in [0.1, 0.15) is 33.1 Å². The normalized spacial score (nSPS) is 11.5. The number of benzene rings is 2. The fourth-order valence-electron chi connectivity index (χ4n) is 2.65. The van der Waals surface area contributed by atoms with E-state index in [1.54, 1.807) is 24.3 Å². The number of carbonyl (C=O) groups is 2. The summed E-state index contributed by atoms with van der Waals surface area (Å²) >= 11 is 0. The van der Waals surface area contributed by atoms with Crippen molar-refractivity contribution in [2.75, 3.05) is 17.2 Å². The number of hydrogen-bond acceptors (Lipinski definition) is 3. The molecule has 0 aliphatic carbocycles. The molecule has 0 fully saturated rings. The molecule has 5 nitrogen and oxygen atoms in total. The smallest absolute Gasteiger partial charge is 0.262 e. The number of rotatable bonds is 9. The van der Waals surface area contributed by atoms with Crippen LogP contribution in [0.15, 0.2) is 54.6 Å². The van der Waals surface area contributed by atoms with Gasteiger partial charge in [-0.2, -0.15) is 0 Å². The Bertz CT molecular complexity index is 716. The predicted molar refractivity (Wildman–Crippen MR) is 104 cm³/mol. The highest BCUT2D eigenvalue weighted by Gasteiger charge is 2.09. The van der Waals surface area contributed by atoms with Crippen molar-refractivity contribution in [1.82, 2.24) is 0 Å². The zero-order valence-corrected chi connectivity index (χ0v) is 15.3. The standard InChI is InChI=1S/C21H26N2O3/c1-3-8-16(2)13-20(24)23-18-11-7-12-19(14-18)26-15-21(25)22-17-9-5-4-6-10-17/h4-7,9-12,14,16H,3,8,13,15H2,1-2H3,(H,22,25)(H,23,24). The van der Waals surface area contributed by atoms with Crippen molar-refractivity contribution in [3.8, 4) is 5.75 Å². The largest absolute Gasteiger partial charge is 0.484 e. The van der Waals surface area contributed by atoms with Gasteiger partial charge in [0.05, 0.1) is 0 Å². The first-order chi connectivity index (χ1) is 12.6. The minimum atomic E-state index is -0.237. The molecule has 0 spiro atoms. The van der Waals surface area contributed by atoms with Gasteiger partial charge < -0.3 is 15.4 Å². The van der Waals surface area contributed by atoms with E-state index in [9.17, 15) is 9.59 Å². The van der Waals surface area contributed by atoms with Crippen molar-refractivity contribution in [1.29, 1.82) is 0 Å². The highest BCUT2D eigenvalue weighted by atomic mass is 16.5. The Balaban J connectivity index is 1.82. The summed E-state index contributed by atoms with van der Waals surface area (Å²) in [7, 11) is 0. The van der Waals surface area contributed by atoms with Crippen LogP contribution < -0.4 is 15.4 Å². The van der Waals surface area contributed by atoms with E-state index in [4.69, 9.17) is 4.74 Å². The molecule has 5 heteroatoms. The summed E-state index contributed by atoms with van der Waals surface area (Å²) in [5.41, 5.74) is 1.39. The minimum Gasteiger partial charge on any atom is -0.484 e. The lowest BCUT2D eigenvalue weighted by Crippen LogP contribution is -2.20. The van der Waals surface area contributed by atoms with Gasteiger partial charge in [0, 0.05) is 23.9 Å². The lowest BCUT2D eigenvalue weighted by atomic mass is 10.0. The van der Waals surface area contributed by atoms with Crippen LogP contribution in [0, 0.1) is 5.92 Å². The van der Waals surface area contributed by atoms with Crippen molar-refractivity contribution in [2.24, 2.45) is 5.92 Å². The molecule has 1 unspecified atom stereocenters. The minimum absolute atomic E-state index is 0.00933. The second-order valence-corrected chi connectivity index (χ2v) is 6.38. The maximum absolute atomic E-state index is 12.1. The van der Waals surface area contributed by atoms with Crippen molar-refractivity contribution in [2.45, 2.75) is 33.1 Å². The first kappa shape index (κ1) is 19.5. The third kappa shape index (κ3) is 6.97. The van der Waals surface area contributed by atoms with Crippen LogP contribution in [0.2, 0.25) is 0 Å². The molecule has 2 rings (SSSR count). The molecular weight excluding hydrogens is 328 g/mol. The topological polar surface area (TPSA) is 67.4 Å². The van der Waals surface area contributed by atoms with E-state index in [1.165, 1.54) is 0 Å². The fraction of sp³-hybridized carbons (Fsp3) is 0.333. The van der Waals surface area contributed by atoms with Gasteiger partial charge in [0.2, 0.25) is 5.91 Å². The number of amides is 2. The Morgan fingerprint density at radius 1 is 0.962 bits per heavy atom. The van der Waals surface area contributed by atoms with Crippen LogP contribution in [-0.2, 0) is 9.59 Å². The first-order valence-corrected chi connectivity index (χ1v) is 8.94. The summed E-state index contributed by atoms with van der Waals surface area (Å²) in [6, 6.07) is 16.3. The maximum Gasteiger partial charge on any atom is 0.262 e. The molecule has 0 radical (unpaired) electrons. The van der Waals surface area contributed by atoms with E-state index < -0.39 is 0 Å². The van der Waals surface area contributed by atoms with Crippen LogP contribution in [-0.4, -0.2) is 18.4 Å². The van der Waals surface area contributed by atoms with Gasteiger partial charge in [0.1, 0.15) is 5.75 Å². The van der Waals surface area contributed by atoms with Crippen LogP contribution in [0.25, 0.3) is 0 Å². The van der Waals surface area contributed by atoms with E-state index >= 15 is 0 Å². The molecule has 2 aromatic rings. The van der Waals surface area contributed by atoms with Gasteiger partial charge in [0.25, 0.3) is 5.91 Å². The molecule has 0 aliphatic heterocycles. The molecular formula is C21H26N2O3. The highest BCUT2D eigenvalue weighted by Crippen LogP contribution is 2.19. The van der Waals surface area contributed by atoms with Gasteiger partial charge in [-0.25, -0.2) is 0 Å². The molecule has 2 N–H and O–H groups in total. The van der Waals surface area contributed by atoms with Gasteiger partial charge in [0.15, 0.2) is 6.61 Å². The van der Waals surface area contributed by atoms with Gasteiger partial charge in [-0.15, -0.1) is 0 Å². The molecule has 0 aromatic heterocycles. The Morgan fingerprint density at radius 2 is 1.65 bits per heavy atom. The number of ether oxygens (including phenoxy) is 1. The lowest BCUT2D eigenvalue weighted by molar-refractivity contribution is -0.118. The zero-order chi connectivity index (χ0) is 18.8. The van der Waals surface area contributed by atoms with Crippen LogP contribution in [0.4, 0.5) is 11.4 Å². The van der Waals surface area contributed by atoms with Crippen LogP contribution in [0.3, 0.4) is 0 Å². The molecule has 2 amide bonds. The number of carbonyl (C=O) groups excluding carboxylic acids is 2. The molecule has 1 atom stereocenters. The lowest BCUT2D eigenvalue weighted by Gasteiger charge is -2.12. The quantitative estimate of drug-likeness (QED) is 0.698. The molecule has 0 bridgehead atoms. The number of anilines is 2. The Hall–Kier alpha value is -2.82. The van der Waals surface area contributed by atoms with Gasteiger partial charge in [-0.3, -0.25) is 9.59 Å².